The Morgan fingerprint density at radius 2 is 1.74 bits per heavy atom. The quantitative estimate of drug-likeness (QED) is 0.812. The number of aryl methyl sites for hydroxylation is 1. The molecule has 0 saturated carbocycles. The van der Waals surface area contributed by atoms with Crippen molar-refractivity contribution in [1.82, 2.24) is 0 Å². The number of hydrogen-bond donors (Lipinski definition) is 2. The Kier molecular flexibility index (Phi) is 5.52. The molecule has 4 nitrogen and oxygen atoms in total. The van der Waals surface area contributed by atoms with Gasteiger partial charge in [-0.05, 0) is 35.1 Å². The van der Waals surface area contributed by atoms with E-state index in [1.165, 1.54) is 0 Å². The predicted octanol–water partition coefficient (Wildman–Crippen LogP) is 3.95. The minimum absolute atomic E-state index is 0.0210. The van der Waals surface area contributed by atoms with Crippen LogP contribution in [0.3, 0.4) is 0 Å². The maximum Gasteiger partial charge on any atom is 0.310 e. The zero-order valence-electron chi connectivity index (χ0n) is 13.0. The number of carboxylic acids is 2. The van der Waals surface area contributed by atoms with Crippen molar-refractivity contribution in [1.29, 1.82) is 0 Å². The van der Waals surface area contributed by atoms with Crippen LogP contribution in [0.4, 0.5) is 0 Å². The van der Waals surface area contributed by atoms with Crippen LogP contribution >= 0.6 is 0 Å². The number of aliphatic carboxylic acids is 2. The molecule has 0 amide bonds. The van der Waals surface area contributed by atoms with Gasteiger partial charge < -0.3 is 10.2 Å². The second kappa shape index (κ2) is 7.58. The van der Waals surface area contributed by atoms with Crippen molar-refractivity contribution in [2.45, 2.75) is 32.1 Å². The molecule has 0 spiro atoms. The van der Waals surface area contributed by atoms with Gasteiger partial charge in [0.25, 0.3) is 0 Å². The first kappa shape index (κ1) is 16.7. The first-order valence-electron chi connectivity index (χ1n) is 7.65. The van der Waals surface area contributed by atoms with Crippen LogP contribution in [0.1, 0.15) is 36.8 Å². The van der Waals surface area contributed by atoms with Gasteiger partial charge in [-0.3, -0.25) is 9.59 Å². The molecule has 2 aromatic rings. The molecule has 1 atom stereocenters. The van der Waals surface area contributed by atoms with E-state index in [-0.39, 0.29) is 6.42 Å². The van der Waals surface area contributed by atoms with Gasteiger partial charge in [0.15, 0.2) is 0 Å². The maximum atomic E-state index is 11.4. The lowest BCUT2D eigenvalue weighted by Gasteiger charge is -2.15. The molecule has 0 aliphatic carbocycles. The van der Waals surface area contributed by atoms with Crippen LogP contribution in [0.5, 0.6) is 0 Å². The molecule has 0 heterocycles. The molecule has 0 aliphatic heterocycles. The van der Waals surface area contributed by atoms with E-state index < -0.39 is 17.9 Å². The summed E-state index contributed by atoms with van der Waals surface area (Å²) >= 11 is 0. The number of hydrogen-bond acceptors (Lipinski definition) is 2. The van der Waals surface area contributed by atoms with Gasteiger partial charge in [0.1, 0.15) is 0 Å². The Balaban J connectivity index is 2.46. The molecule has 2 rings (SSSR count). The number of carboxylic acid groups (broad SMARTS) is 2. The summed E-state index contributed by atoms with van der Waals surface area (Å²) in [5, 5.41) is 18.3. The molecule has 2 aromatic carbocycles. The fraction of sp³-hybridized carbons (Fsp3) is 0.263. The minimum Gasteiger partial charge on any atom is -0.481 e. The van der Waals surface area contributed by atoms with Crippen molar-refractivity contribution >= 4 is 11.9 Å². The highest BCUT2D eigenvalue weighted by Gasteiger charge is 2.19. The molecule has 0 fully saturated rings. The first-order valence-corrected chi connectivity index (χ1v) is 7.65. The zero-order chi connectivity index (χ0) is 16.8. The molecule has 0 aliphatic rings. The van der Waals surface area contributed by atoms with Crippen LogP contribution in [0.15, 0.2) is 48.5 Å². The minimum atomic E-state index is -0.861. The molecular weight excluding hydrogens is 292 g/mol. The Labute approximate surface area is 135 Å². The van der Waals surface area contributed by atoms with Gasteiger partial charge in [-0.2, -0.15) is 0 Å². The zero-order valence-corrected chi connectivity index (χ0v) is 13.0. The van der Waals surface area contributed by atoms with Gasteiger partial charge in [-0.15, -0.1) is 0 Å². The average molecular weight is 312 g/mol. The molecule has 2 N–H and O–H groups in total. The van der Waals surface area contributed by atoms with Crippen molar-refractivity contribution in [3.8, 4) is 11.1 Å². The lowest BCUT2D eigenvalue weighted by molar-refractivity contribution is -0.139. The number of benzene rings is 2. The topological polar surface area (TPSA) is 74.6 Å². The van der Waals surface area contributed by atoms with Crippen molar-refractivity contribution in [2.24, 2.45) is 0 Å². The van der Waals surface area contributed by atoms with Crippen LogP contribution < -0.4 is 0 Å². The summed E-state index contributed by atoms with van der Waals surface area (Å²) in [5.41, 5.74) is 3.55. The van der Waals surface area contributed by atoms with Crippen molar-refractivity contribution in [3.63, 3.8) is 0 Å². The number of rotatable bonds is 7. The van der Waals surface area contributed by atoms with E-state index in [1.54, 1.807) is 0 Å². The summed E-state index contributed by atoms with van der Waals surface area (Å²) in [6, 6.07) is 15.3. The van der Waals surface area contributed by atoms with Crippen molar-refractivity contribution < 1.29 is 19.8 Å². The Morgan fingerprint density at radius 3 is 2.30 bits per heavy atom. The highest BCUT2D eigenvalue weighted by Crippen LogP contribution is 2.29. The van der Waals surface area contributed by atoms with E-state index >= 15 is 0 Å². The predicted molar refractivity (Wildman–Crippen MR) is 88.5 cm³/mol. The van der Waals surface area contributed by atoms with E-state index in [2.05, 4.69) is 0 Å². The Bertz CT molecular complexity index is 692. The fourth-order valence-corrected chi connectivity index (χ4v) is 2.73. The highest BCUT2D eigenvalue weighted by molar-refractivity contribution is 5.77. The van der Waals surface area contributed by atoms with Crippen LogP contribution in [0.2, 0.25) is 0 Å². The average Bonchev–Trinajstić information content (AvgIpc) is 2.54. The van der Waals surface area contributed by atoms with Crippen LogP contribution in [-0.2, 0) is 16.0 Å². The van der Waals surface area contributed by atoms with Crippen molar-refractivity contribution in [3.05, 3.63) is 59.7 Å². The second-order valence-corrected chi connectivity index (χ2v) is 5.48. The summed E-state index contributed by atoms with van der Waals surface area (Å²) in [7, 11) is 0. The smallest absolute Gasteiger partial charge is 0.310 e. The largest absolute Gasteiger partial charge is 0.481 e. The standard InChI is InChI=1S/C19H20O4/c1-2-16(19(22)23)14-8-10-17(13-6-4-3-5-7-13)15(12-14)9-11-18(20)21/h3-8,10,12,16H,2,9,11H2,1H3,(H,20,21)(H,22,23). The van der Waals surface area contributed by atoms with Crippen LogP contribution in [0, 0.1) is 0 Å². The summed E-state index contributed by atoms with van der Waals surface area (Å²) in [4.78, 5) is 22.3. The lowest BCUT2D eigenvalue weighted by Crippen LogP contribution is -2.11. The van der Waals surface area contributed by atoms with E-state index in [0.29, 0.717) is 12.8 Å². The molecule has 0 aromatic heterocycles. The fourth-order valence-electron chi connectivity index (χ4n) is 2.73. The van der Waals surface area contributed by atoms with Gasteiger partial charge in [-0.25, -0.2) is 0 Å². The Morgan fingerprint density at radius 1 is 1.04 bits per heavy atom. The van der Waals surface area contributed by atoms with Crippen LogP contribution in [-0.4, -0.2) is 22.2 Å². The van der Waals surface area contributed by atoms with Crippen LogP contribution in [0.25, 0.3) is 11.1 Å². The molecule has 120 valence electrons. The van der Waals surface area contributed by atoms with Gasteiger partial charge >= 0.3 is 11.9 Å². The normalized spacial score (nSPS) is 11.9. The third-order valence-electron chi connectivity index (χ3n) is 3.93. The third kappa shape index (κ3) is 4.19. The van der Waals surface area contributed by atoms with E-state index in [9.17, 15) is 14.7 Å². The number of carbonyl (C=O) groups is 2. The van der Waals surface area contributed by atoms with Gasteiger partial charge in [0.2, 0.25) is 0 Å². The highest BCUT2D eigenvalue weighted by atomic mass is 16.4. The summed E-state index contributed by atoms with van der Waals surface area (Å²) in [5.74, 6) is -2.28. The maximum absolute atomic E-state index is 11.4. The molecule has 4 heteroatoms. The summed E-state index contributed by atoms with van der Waals surface area (Å²) in [6.45, 7) is 1.83. The Hall–Kier alpha value is -2.62. The molecular formula is C19H20O4. The molecule has 1 unspecified atom stereocenters. The van der Waals surface area contributed by atoms with Gasteiger partial charge in [-0.1, -0.05) is 55.5 Å². The lowest BCUT2D eigenvalue weighted by atomic mass is 9.89. The second-order valence-electron chi connectivity index (χ2n) is 5.48. The summed E-state index contributed by atoms with van der Waals surface area (Å²) in [6.07, 6.45) is 0.898. The van der Waals surface area contributed by atoms with Crippen molar-refractivity contribution in [2.75, 3.05) is 0 Å². The molecule has 0 saturated heterocycles. The van der Waals surface area contributed by atoms with E-state index in [0.717, 1.165) is 22.3 Å². The molecule has 0 radical (unpaired) electrons. The third-order valence-corrected chi connectivity index (χ3v) is 3.93. The molecule has 23 heavy (non-hydrogen) atoms. The first-order chi connectivity index (χ1) is 11.0. The summed E-state index contributed by atoms with van der Waals surface area (Å²) < 4.78 is 0. The van der Waals surface area contributed by atoms with Gasteiger partial charge in [0.05, 0.1) is 5.92 Å². The SMILES string of the molecule is CCC(C(=O)O)c1ccc(-c2ccccc2)c(CCC(=O)O)c1. The van der Waals surface area contributed by atoms with Gasteiger partial charge in [0, 0.05) is 6.42 Å². The van der Waals surface area contributed by atoms with E-state index in [4.69, 9.17) is 5.11 Å². The van der Waals surface area contributed by atoms with E-state index in [1.807, 2.05) is 55.5 Å². The monoisotopic (exact) mass is 312 g/mol. The molecule has 0 bridgehead atoms.